The summed E-state index contributed by atoms with van der Waals surface area (Å²) in [5, 5.41) is 9.56. The van der Waals surface area contributed by atoms with Gasteiger partial charge >= 0.3 is 6.18 Å². The third-order valence-corrected chi connectivity index (χ3v) is 5.98. The van der Waals surface area contributed by atoms with Gasteiger partial charge in [0.15, 0.2) is 0 Å². The van der Waals surface area contributed by atoms with Gasteiger partial charge in [0.05, 0.1) is 52.7 Å². The van der Waals surface area contributed by atoms with Crippen LogP contribution in [0.5, 0.6) is 0 Å². The van der Waals surface area contributed by atoms with Gasteiger partial charge in [-0.15, -0.1) is 12.4 Å². The maximum atomic E-state index is 13.0. The van der Waals surface area contributed by atoms with Crippen LogP contribution >= 0.6 is 24.0 Å². The van der Waals surface area contributed by atoms with Crippen molar-refractivity contribution in [2.75, 3.05) is 0 Å². The number of aromatic nitrogens is 3. The Labute approximate surface area is 217 Å². The second kappa shape index (κ2) is 11.1. The minimum Gasteiger partial charge on any atom is -0.361 e. The van der Waals surface area contributed by atoms with Gasteiger partial charge in [-0.25, -0.2) is 4.98 Å². The lowest BCUT2D eigenvalue weighted by atomic mass is 9.93. The molecule has 0 saturated carbocycles. The van der Waals surface area contributed by atoms with Crippen LogP contribution in [0.1, 0.15) is 39.7 Å². The number of nitriles is 1. The monoisotopic (exact) mass is 532 g/mol. The molecule has 2 aromatic heterocycles. The van der Waals surface area contributed by atoms with E-state index in [0.717, 1.165) is 34.5 Å². The van der Waals surface area contributed by atoms with Crippen LogP contribution in [0.4, 0.5) is 13.2 Å². The zero-order valence-electron chi connectivity index (χ0n) is 19.3. The molecule has 0 bridgehead atoms. The van der Waals surface area contributed by atoms with Crippen LogP contribution in [0.3, 0.4) is 0 Å². The molecular formula is C26H21Cl2F3N4O. The Kier molecular flexibility index (Phi) is 8.41. The van der Waals surface area contributed by atoms with Crippen LogP contribution in [0, 0.1) is 18.3 Å². The second-order valence-electron chi connectivity index (χ2n) is 8.00. The minimum absolute atomic E-state index is 0. The van der Waals surface area contributed by atoms with E-state index in [4.69, 9.17) is 16.3 Å². The summed E-state index contributed by atoms with van der Waals surface area (Å²) in [6.07, 6.45) is -1.17. The van der Waals surface area contributed by atoms with Crippen molar-refractivity contribution in [2.24, 2.45) is 7.05 Å². The van der Waals surface area contributed by atoms with Gasteiger partial charge in [0.2, 0.25) is 0 Å². The largest absolute Gasteiger partial charge is 0.417 e. The van der Waals surface area contributed by atoms with Crippen molar-refractivity contribution in [3.05, 3.63) is 106 Å². The van der Waals surface area contributed by atoms with Gasteiger partial charge in [-0.3, -0.25) is 4.98 Å². The number of imidazole rings is 1. The molecule has 0 amide bonds. The third kappa shape index (κ3) is 5.71. The van der Waals surface area contributed by atoms with Gasteiger partial charge < -0.3 is 9.30 Å². The number of hydrogen-bond donors (Lipinski definition) is 0. The van der Waals surface area contributed by atoms with Crippen molar-refractivity contribution in [3.63, 3.8) is 0 Å². The molecule has 0 aliphatic rings. The van der Waals surface area contributed by atoms with Crippen molar-refractivity contribution in [1.82, 2.24) is 14.5 Å². The highest BCUT2D eigenvalue weighted by Gasteiger charge is 2.31. The maximum Gasteiger partial charge on any atom is 0.417 e. The van der Waals surface area contributed by atoms with E-state index in [1.165, 1.54) is 0 Å². The Morgan fingerprint density at radius 1 is 1.11 bits per heavy atom. The van der Waals surface area contributed by atoms with Crippen molar-refractivity contribution in [3.8, 4) is 17.2 Å². The molecule has 0 N–H and O–H groups in total. The van der Waals surface area contributed by atoms with E-state index in [1.54, 1.807) is 29.2 Å². The molecular weight excluding hydrogens is 512 g/mol. The first-order valence-corrected chi connectivity index (χ1v) is 11.0. The number of aryl methyl sites for hydroxylation is 2. The molecule has 36 heavy (non-hydrogen) atoms. The summed E-state index contributed by atoms with van der Waals surface area (Å²) in [7, 11) is 1.81. The fourth-order valence-corrected chi connectivity index (χ4v) is 4.00. The molecule has 0 aliphatic carbocycles. The van der Waals surface area contributed by atoms with Gasteiger partial charge in [0, 0.05) is 18.8 Å². The molecule has 4 rings (SSSR count). The Bertz CT molecular complexity index is 1410. The predicted molar refractivity (Wildman–Crippen MR) is 133 cm³/mol. The number of rotatable bonds is 6. The van der Waals surface area contributed by atoms with Crippen LogP contribution in [0.25, 0.3) is 11.1 Å². The zero-order valence-corrected chi connectivity index (χ0v) is 20.8. The van der Waals surface area contributed by atoms with Crippen molar-refractivity contribution < 1.29 is 17.9 Å². The molecule has 1 unspecified atom stereocenters. The van der Waals surface area contributed by atoms with E-state index in [1.807, 2.05) is 44.3 Å². The fraction of sp³-hybridized carbons (Fsp3) is 0.192. The number of alkyl halides is 3. The van der Waals surface area contributed by atoms with Gasteiger partial charge in [-0.1, -0.05) is 41.9 Å². The van der Waals surface area contributed by atoms with Gasteiger partial charge in [0.25, 0.3) is 0 Å². The van der Waals surface area contributed by atoms with Crippen molar-refractivity contribution in [1.29, 1.82) is 5.26 Å². The van der Waals surface area contributed by atoms with Crippen molar-refractivity contribution >= 4 is 24.0 Å². The zero-order chi connectivity index (χ0) is 25.2. The lowest BCUT2D eigenvalue weighted by Gasteiger charge is -2.21. The van der Waals surface area contributed by atoms with Gasteiger partial charge in [0.1, 0.15) is 6.10 Å². The predicted octanol–water partition coefficient (Wildman–Crippen LogP) is 7.06. The molecule has 0 radical (unpaired) electrons. The number of nitrogens with zero attached hydrogens (tertiary/aromatic N) is 4. The highest BCUT2D eigenvalue weighted by molar-refractivity contribution is 6.31. The summed E-state index contributed by atoms with van der Waals surface area (Å²) >= 11 is 6.09. The van der Waals surface area contributed by atoms with E-state index in [9.17, 15) is 18.4 Å². The molecule has 1 atom stereocenters. The van der Waals surface area contributed by atoms with E-state index in [0.29, 0.717) is 11.3 Å². The summed E-state index contributed by atoms with van der Waals surface area (Å²) in [5.41, 5.74) is 3.91. The summed E-state index contributed by atoms with van der Waals surface area (Å²) in [4.78, 5) is 8.05. The number of benzene rings is 2. The smallest absolute Gasteiger partial charge is 0.361 e. The maximum absolute atomic E-state index is 13.0. The first-order chi connectivity index (χ1) is 16.7. The average Bonchev–Trinajstić information content (AvgIpc) is 3.25. The molecule has 186 valence electrons. The highest BCUT2D eigenvalue weighted by atomic mass is 35.5. The fourth-order valence-electron chi connectivity index (χ4n) is 3.78. The topological polar surface area (TPSA) is 63.7 Å². The Hall–Kier alpha value is -3.38. The molecule has 2 aromatic carbocycles. The van der Waals surface area contributed by atoms with Gasteiger partial charge in [-0.05, 0) is 41.8 Å². The second-order valence-corrected chi connectivity index (χ2v) is 8.41. The Balaban J connectivity index is 0.00000361. The molecule has 4 aromatic rings. The Morgan fingerprint density at radius 3 is 2.47 bits per heavy atom. The van der Waals surface area contributed by atoms with E-state index < -0.39 is 17.8 Å². The summed E-state index contributed by atoms with van der Waals surface area (Å²) < 4.78 is 46.9. The average molecular weight is 533 g/mol. The number of hydrogen-bond acceptors (Lipinski definition) is 4. The number of ether oxygens (including phenoxy) is 1. The van der Waals surface area contributed by atoms with Crippen LogP contribution in [-0.2, 0) is 24.6 Å². The molecule has 0 saturated heterocycles. The van der Waals surface area contributed by atoms with E-state index >= 15 is 0 Å². The normalized spacial score (nSPS) is 12.0. The Morgan fingerprint density at radius 2 is 1.86 bits per heavy atom. The van der Waals surface area contributed by atoms with E-state index in [2.05, 4.69) is 16.0 Å². The molecule has 0 fully saturated rings. The van der Waals surface area contributed by atoms with Crippen LogP contribution < -0.4 is 0 Å². The van der Waals surface area contributed by atoms with Crippen LogP contribution in [0.2, 0.25) is 5.02 Å². The summed E-state index contributed by atoms with van der Waals surface area (Å²) in [6.45, 7) is 1.84. The summed E-state index contributed by atoms with van der Waals surface area (Å²) in [5.74, 6) is 0. The lowest BCUT2D eigenvalue weighted by Crippen LogP contribution is -2.12. The lowest BCUT2D eigenvalue weighted by molar-refractivity contribution is -0.137. The molecule has 5 nitrogen and oxygen atoms in total. The summed E-state index contributed by atoms with van der Waals surface area (Å²) in [6, 6.07) is 16.2. The molecule has 0 aliphatic heterocycles. The highest BCUT2D eigenvalue weighted by Crippen LogP contribution is 2.35. The first kappa shape index (κ1) is 27.2. The standard InChI is InChI=1S/C26H20ClF3N4O.ClH/c1-16-5-3-4-6-20(16)21-9-17(7-8-18(21)11-31)25(24-13-32-15-34(24)2)35-14-23-22(27)10-19(12-33-23)26(28,29)30;/h3-10,12-13,15,25H,14H2,1-2H3;1H. The number of pyridine rings is 1. The SMILES string of the molecule is Cc1ccccc1-c1cc(C(OCc2ncc(C(F)(F)F)cc2Cl)c2cncn2C)ccc1C#N.Cl. The molecule has 10 heteroatoms. The van der Waals surface area contributed by atoms with Crippen LogP contribution in [-0.4, -0.2) is 14.5 Å². The molecule has 2 heterocycles. The quantitative estimate of drug-likeness (QED) is 0.266. The number of halogens is 5. The molecule has 0 spiro atoms. The third-order valence-electron chi connectivity index (χ3n) is 5.66. The van der Waals surface area contributed by atoms with Gasteiger partial charge in [-0.2, -0.15) is 18.4 Å². The first-order valence-electron chi connectivity index (χ1n) is 10.6. The van der Waals surface area contributed by atoms with E-state index in [-0.39, 0.29) is 29.7 Å². The van der Waals surface area contributed by atoms with Crippen molar-refractivity contribution in [2.45, 2.75) is 25.8 Å². The van der Waals surface area contributed by atoms with Crippen LogP contribution in [0.15, 0.2) is 67.3 Å². The minimum atomic E-state index is -4.54.